The van der Waals surface area contributed by atoms with Crippen LogP contribution in [0.2, 0.25) is 0 Å². The number of methoxy groups -OCH3 is 2. The van der Waals surface area contributed by atoms with Gasteiger partial charge in [0.1, 0.15) is 0 Å². The summed E-state index contributed by atoms with van der Waals surface area (Å²) in [5.74, 6) is 1.35. The predicted molar refractivity (Wildman–Crippen MR) is 98.8 cm³/mol. The standard InChI is InChI=1S/C20H26N2O3/c1-4-22(14-16-8-6-5-7-9-16)15-20(23)21-13-17-10-11-18(24-2)19(12-17)25-3/h5-12H,4,13-15H2,1-3H3,(H,21,23). The zero-order valence-corrected chi connectivity index (χ0v) is 15.1. The second-order valence-electron chi connectivity index (χ2n) is 5.75. The fourth-order valence-electron chi connectivity index (χ4n) is 2.57. The third-order valence-electron chi connectivity index (χ3n) is 4.00. The smallest absolute Gasteiger partial charge is 0.234 e. The lowest BCUT2D eigenvalue weighted by molar-refractivity contribution is -0.122. The molecule has 0 bridgehead atoms. The molecule has 0 unspecified atom stereocenters. The number of nitrogens with one attached hydrogen (secondary N) is 1. The molecule has 0 aromatic heterocycles. The van der Waals surface area contributed by atoms with Crippen LogP contribution in [0.1, 0.15) is 18.1 Å². The van der Waals surface area contributed by atoms with E-state index in [0.717, 1.165) is 18.7 Å². The average Bonchev–Trinajstić information content (AvgIpc) is 2.66. The van der Waals surface area contributed by atoms with Gasteiger partial charge in [0.25, 0.3) is 0 Å². The summed E-state index contributed by atoms with van der Waals surface area (Å²) in [7, 11) is 3.20. The van der Waals surface area contributed by atoms with Gasteiger partial charge in [-0.2, -0.15) is 0 Å². The Hall–Kier alpha value is -2.53. The number of amides is 1. The summed E-state index contributed by atoms with van der Waals surface area (Å²) in [6.07, 6.45) is 0. The van der Waals surface area contributed by atoms with Gasteiger partial charge in [0, 0.05) is 13.1 Å². The molecular weight excluding hydrogens is 316 g/mol. The molecule has 0 aliphatic rings. The lowest BCUT2D eigenvalue weighted by atomic mass is 10.2. The number of likely N-dealkylation sites (N-methyl/N-ethyl adjacent to an activating group) is 1. The van der Waals surface area contributed by atoms with Crippen molar-refractivity contribution in [1.29, 1.82) is 0 Å². The van der Waals surface area contributed by atoms with Crippen LogP contribution in [0.3, 0.4) is 0 Å². The number of benzene rings is 2. The number of carbonyl (C=O) groups excluding carboxylic acids is 1. The van der Waals surface area contributed by atoms with Crippen molar-refractivity contribution in [1.82, 2.24) is 10.2 Å². The molecule has 0 aliphatic heterocycles. The molecular formula is C20H26N2O3. The average molecular weight is 342 g/mol. The van der Waals surface area contributed by atoms with Crippen LogP contribution in [0.5, 0.6) is 11.5 Å². The zero-order chi connectivity index (χ0) is 18.1. The Morgan fingerprint density at radius 2 is 1.72 bits per heavy atom. The summed E-state index contributed by atoms with van der Waals surface area (Å²) in [5, 5.41) is 2.96. The minimum atomic E-state index is 0.00701. The summed E-state index contributed by atoms with van der Waals surface area (Å²) in [5.41, 5.74) is 2.18. The quantitative estimate of drug-likeness (QED) is 0.761. The molecule has 0 atom stereocenters. The molecule has 0 spiro atoms. The summed E-state index contributed by atoms with van der Waals surface area (Å²) < 4.78 is 10.5. The van der Waals surface area contributed by atoms with E-state index in [1.165, 1.54) is 5.56 Å². The van der Waals surface area contributed by atoms with E-state index in [-0.39, 0.29) is 5.91 Å². The van der Waals surface area contributed by atoms with Crippen LogP contribution in [-0.4, -0.2) is 38.1 Å². The molecule has 0 radical (unpaired) electrons. The summed E-state index contributed by atoms with van der Waals surface area (Å²) in [4.78, 5) is 14.4. The first-order valence-corrected chi connectivity index (χ1v) is 8.40. The Morgan fingerprint density at radius 1 is 1.00 bits per heavy atom. The molecule has 5 heteroatoms. The van der Waals surface area contributed by atoms with E-state index in [0.29, 0.717) is 24.6 Å². The molecule has 2 rings (SSSR count). The van der Waals surface area contributed by atoms with Crippen molar-refractivity contribution in [3.63, 3.8) is 0 Å². The molecule has 25 heavy (non-hydrogen) atoms. The van der Waals surface area contributed by atoms with Crippen molar-refractivity contribution >= 4 is 5.91 Å². The van der Waals surface area contributed by atoms with Crippen LogP contribution in [0.15, 0.2) is 48.5 Å². The highest BCUT2D eigenvalue weighted by Gasteiger charge is 2.10. The van der Waals surface area contributed by atoms with E-state index in [9.17, 15) is 4.79 Å². The van der Waals surface area contributed by atoms with Gasteiger partial charge in [0.05, 0.1) is 20.8 Å². The first-order chi connectivity index (χ1) is 12.2. The maximum atomic E-state index is 12.2. The fraction of sp³-hybridized carbons (Fsp3) is 0.350. The van der Waals surface area contributed by atoms with Crippen molar-refractivity contribution in [3.05, 3.63) is 59.7 Å². The van der Waals surface area contributed by atoms with Gasteiger partial charge in [-0.15, -0.1) is 0 Å². The third kappa shape index (κ3) is 5.80. The SMILES string of the molecule is CCN(CC(=O)NCc1ccc(OC)c(OC)c1)Cc1ccccc1. The molecule has 2 aromatic rings. The molecule has 0 saturated carbocycles. The van der Waals surface area contributed by atoms with Crippen molar-refractivity contribution in [2.45, 2.75) is 20.0 Å². The molecule has 5 nitrogen and oxygen atoms in total. The molecule has 0 fully saturated rings. The second-order valence-corrected chi connectivity index (χ2v) is 5.75. The maximum absolute atomic E-state index is 12.2. The largest absolute Gasteiger partial charge is 0.493 e. The van der Waals surface area contributed by atoms with Crippen molar-refractivity contribution in [2.75, 3.05) is 27.3 Å². The van der Waals surface area contributed by atoms with E-state index >= 15 is 0 Å². The number of hydrogen-bond donors (Lipinski definition) is 1. The Morgan fingerprint density at radius 3 is 2.36 bits per heavy atom. The fourth-order valence-corrected chi connectivity index (χ4v) is 2.57. The van der Waals surface area contributed by atoms with E-state index in [2.05, 4.69) is 29.3 Å². The highest BCUT2D eigenvalue weighted by molar-refractivity contribution is 5.78. The van der Waals surface area contributed by atoms with Crippen LogP contribution in [0.4, 0.5) is 0 Å². The van der Waals surface area contributed by atoms with Gasteiger partial charge in [-0.05, 0) is 29.8 Å². The van der Waals surface area contributed by atoms with Crippen molar-refractivity contribution in [2.24, 2.45) is 0 Å². The minimum absolute atomic E-state index is 0.00701. The summed E-state index contributed by atoms with van der Waals surface area (Å²) >= 11 is 0. The van der Waals surface area contributed by atoms with E-state index in [1.54, 1.807) is 14.2 Å². The molecule has 134 valence electrons. The molecule has 0 heterocycles. The van der Waals surface area contributed by atoms with Crippen molar-refractivity contribution < 1.29 is 14.3 Å². The molecule has 1 N–H and O–H groups in total. The molecule has 1 amide bonds. The highest BCUT2D eigenvalue weighted by Crippen LogP contribution is 2.27. The Kier molecular flexibility index (Phi) is 7.29. The topological polar surface area (TPSA) is 50.8 Å². The number of hydrogen-bond acceptors (Lipinski definition) is 4. The van der Waals surface area contributed by atoms with Crippen LogP contribution in [0.25, 0.3) is 0 Å². The predicted octanol–water partition coefficient (Wildman–Crippen LogP) is 2.84. The van der Waals surface area contributed by atoms with Gasteiger partial charge in [-0.1, -0.05) is 43.3 Å². The third-order valence-corrected chi connectivity index (χ3v) is 4.00. The van der Waals surface area contributed by atoms with E-state index in [1.807, 2.05) is 36.4 Å². The van der Waals surface area contributed by atoms with E-state index in [4.69, 9.17) is 9.47 Å². The number of rotatable bonds is 9. The normalized spacial score (nSPS) is 10.6. The second kappa shape index (κ2) is 9.69. The number of nitrogens with zero attached hydrogens (tertiary/aromatic N) is 1. The van der Waals surface area contributed by atoms with E-state index < -0.39 is 0 Å². The van der Waals surface area contributed by atoms with Crippen molar-refractivity contribution in [3.8, 4) is 11.5 Å². The first-order valence-electron chi connectivity index (χ1n) is 8.40. The molecule has 2 aromatic carbocycles. The Balaban J connectivity index is 1.87. The lowest BCUT2D eigenvalue weighted by Crippen LogP contribution is -2.36. The van der Waals surface area contributed by atoms with Crippen LogP contribution in [0, 0.1) is 0 Å². The Labute approximate surface area is 149 Å². The first kappa shape index (κ1) is 18.8. The lowest BCUT2D eigenvalue weighted by Gasteiger charge is -2.20. The van der Waals surface area contributed by atoms with Crippen LogP contribution < -0.4 is 14.8 Å². The zero-order valence-electron chi connectivity index (χ0n) is 15.1. The van der Waals surface area contributed by atoms with Crippen LogP contribution in [-0.2, 0) is 17.9 Å². The molecule has 0 saturated heterocycles. The number of ether oxygens (including phenoxy) is 2. The van der Waals surface area contributed by atoms with Gasteiger partial charge < -0.3 is 14.8 Å². The Bertz CT molecular complexity index is 674. The van der Waals surface area contributed by atoms with Gasteiger partial charge in [0.15, 0.2) is 11.5 Å². The maximum Gasteiger partial charge on any atom is 0.234 e. The monoisotopic (exact) mass is 342 g/mol. The highest BCUT2D eigenvalue weighted by atomic mass is 16.5. The van der Waals surface area contributed by atoms with Gasteiger partial charge >= 0.3 is 0 Å². The minimum Gasteiger partial charge on any atom is -0.493 e. The van der Waals surface area contributed by atoms with Gasteiger partial charge in [-0.25, -0.2) is 0 Å². The van der Waals surface area contributed by atoms with Gasteiger partial charge in [-0.3, -0.25) is 9.69 Å². The number of carbonyl (C=O) groups is 1. The van der Waals surface area contributed by atoms with Gasteiger partial charge in [0.2, 0.25) is 5.91 Å². The van der Waals surface area contributed by atoms with Crippen LogP contribution >= 0.6 is 0 Å². The summed E-state index contributed by atoms with van der Waals surface area (Å²) in [6, 6.07) is 15.8. The molecule has 0 aliphatic carbocycles. The summed E-state index contributed by atoms with van der Waals surface area (Å²) in [6.45, 7) is 4.48.